The molecule has 4 heterocycles. The van der Waals surface area contributed by atoms with Crippen molar-refractivity contribution in [3.05, 3.63) is 0 Å². The van der Waals surface area contributed by atoms with Crippen molar-refractivity contribution < 1.29 is 9.53 Å². The predicted molar refractivity (Wildman–Crippen MR) is 98.4 cm³/mol. The topological polar surface area (TPSA) is 44.8 Å². The average Bonchev–Trinajstić information content (AvgIpc) is 3.08. The first-order chi connectivity index (χ1) is 11.9. The lowest BCUT2D eigenvalue weighted by Gasteiger charge is -2.49. The van der Waals surface area contributed by atoms with Crippen LogP contribution in [0.15, 0.2) is 0 Å². The average molecular weight is 350 g/mol. The summed E-state index contributed by atoms with van der Waals surface area (Å²) in [5.74, 6) is 2.46. The first kappa shape index (κ1) is 17.7. The van der Waals surface area contributed by atoms with Crippen LogP contribution in [0.5, 0.6) is 0 Å². The van der Waals surface area contributed by atoms with E-state index >= 15 is 0 Å². The van der Waals surface area contributed by atoms with Crippen LogP contribution >= 0.6 is 0 Å². The molecule has 1 aliphatic carbocycles. The zero-order valence-corrected chi connectivity index (χ0v) is 16.2. The lowest BCUT2D eigenvalue weighted by Crippen LogP contribution is -2.67. The van der Waals surface area contributed by atoms with E-state index in [0.29, 0.717) is 17.9 Å². The van der Waals surface area contributed by atoms with Crippen LogP contribution in [-0.2, 0) is 9.53 Å². The van der Waals surface area contributed by atoms with Crippen LogP contribution in [0, 0.1) is 17.8 Å². The van der Waals surface area contributed by atoms with Gasteiger partial charge in [0.1, 0.15) is 0 Å². The highest BCUT2D eigenvalue weighted by Gasteiger charge is 2.55. The second-order valence-electron chi connectivity index (χ2n) is 9.92. The molecule has 2 bridgehead atoms. The van der Waals surface area contributed by atoms with E-state index in [-0.39, 0.29) is 11.4 Å². The summed E-state index contributed by atoms with van der Waals surface area (Å²) in [5.41, 5.74) is 0.475. The zero-order chi connectivity index (χ0) is 17.7. The van der Waals surface area contributed by atoms with Crippen molar-refractivity contribution in [3.8, 4) is 0 Å². The first-order valence-corrected chi connectivity index (χ1v) is 10.2. The van der Waals surface area contributed by atoms with Crippen LogP contribution in [0.4, 0.5) is 0 Å². The van der Waals surface area contributed by atoms with Gasteiger partial charge in [0.05, 0.1) is 18.8 Å². The minimum atomic E-state index is 0.110. The maximum Gasteiger partial charge on any atom is 0.220 e. The van der Waals surface area contributed by atoms with Gasteiger partial charge in [0.25, 0.3) is 0 Å². The number of rotatable bonds is 8. The summed E-state index contributed by atoms with van der Waals surface area (Å²) < 4.78 is 6.20. The number of hydrogen-bond acceptors (Lipinski definition) is 4. The van der Waals surface area contributed by atoms with Crippen LogP contribution < -0.4 is 5.32 Å². The standard InChI is InChI=1S/C20H35N3O2/c1-15(2)8-23-10-17-6-20(23,7-17)14-25-11-16(3)9-22-12-19(13-22)5-4-18(24)21-19/h15-17H,4-14H2,1-3H3,(H,21,24). The van der Waals surface area contributed by atoms with E-state index in [9.17, 15) is 4.79 Å². The largest absolute Gasteiger partial charge is 0.379 e. The maximum atomic E-state index is 11.4. The predicted octanol–water partition coefficient (Wildman–Crippen LogP) is 1.72. The summed E-state index contributed by atoms with van der Waals surface area (Å²) >= 11 is 0. The third-order valence-electron chi connectivity index (χ3n) is 6.70. The Morgan fingerprint density at radius 1 is 1.24 bits per heavy atom. The van der Waals surface area contributed by atoms with E-state index in [4.69, 9.17) is 4.74 Å². The third kappa shape index (κ3) is 3.47. The van der Waals surface area contributed by atoms with Gasteiger partial charge in [-0.3, -0.25) is 14.6 Å². The number of nitrogens with one attached hydrogen (secondary N) is 1. The second kappa shape index (κ2) is 6.50. The van der Waals surface area contributed by atoms with Crippen molar-refractivity contribution in [1.82, 2.24) is 15.1 Å². The molecule has 5 heteroatoms. The summed E-state index contributed by atoms with van der Waals surface area (Å²) in [5, 5.41) is 3.16. The smallest absolute Gasteiger partial charge is 0.220 e. The van der Waals surface area contributed by atoms with Gasteiger partial charge >= 0.3 is 0 Å². The van der Waals surface area contributed by atoms with Crippen LogP contribution in [0.25, 0.3) is 0 Å². The first-order valence-electron chi connectivity index (χ1n) is 10.2. The summed E-state index contributed by atoms with van der Waals surface area (Å²) in [6, 6.07) is 0. The van der Waals surface area contributed by atoms with Gasteiger partial charge in [-0.05, 0) is 37.0 Å². The number of nitrogens with zero attached hydrogens (tertiary/aromatic N) is 2. The SMILES string of the molecule is CC(C)CN1CC2CC1(COCC(C)CN1CC3(CCC(=O)N3)C1)C2. The van der Waals surface area contributed by atoms with Gasteiger partial charge in [-0.25, -0.2) is 0 Å². The molecule has 0 radical (unpaired) electrons. The molecule has 5 nitrogen and oxygen atoms in total. The highest BCUT2D eigenvalue weighted by Crippen LogP contribution is 2.50. The molecule has 1 unspecified atom stereocenters. The fraction of sp³-hybridized carbons (Fsp3) is 0.950. The molecule has 5 fully saturated rings. The molecule has 5 rings (SSSR count). The normalized spacial score (nSPS) is 35.0. The molecular formula is C20H35N3O2. The molecule has 25 heavy (non-hydrogen) atoms. The van der Waals surface area contributed by atoms with E-state index in [1.165, 1.54) is 25.9 Å². The number of fused-ring (bicyclic) bond motifs is 1. The molecule has 1 spiro atoms. The van der Waals surface area contributed by atoms with Crippen molar-refractivity contribution in [2.75, 3.05) is 45.9 Å². The molecule has 4 saturated heterocycles. The Bertz CT molecular complexity index is 509. The molecule has 0 aromatic rings. The van der Waals surface area contributed by atoms with Crippen LogP contribution in [-0.4, -0.2) is 72.7 Å². The number of amides is 1. The monoisotopic (exact) mass is 349 g/mol. The minimum absolute atomic E-state index is 0.110. The van der Waals surface area contributed by atoms with Crippen molar-refractivity contribution >= 4 is 5.91 Å². The minimum Gasteiger partial charge on any atom is -0.379 e. The lowest BCUT2D eigenvalue weighted by molar-refractivity contribution is -0.120. The molecular weight excluding hydrogens is 314 g/mol. The van der Waals surface area contributed by atoms with Gasteiger partial charge in [-0.1, -0.05) is 20.8 Å². The molecule has 5 aliphatic rings. The molecule has 4 aliphatic heterocycles. The number of hydrogen-bond donors (Lipinski definition) is 1. The molecule has 142 valence electrons. The molecule has 0 aromatic carbocycles. The van der Waals surface area contributed by atoms with Gasteiger partial charge in [0, 0.05) is 44.7 Å². The van der Waals surface area contributed by atoms with Crippen LogP contribution in [0.3, 0.4) is 0 Å². The number of carbonyl (C=O) groups is 1. The Balaban J connectivity index is 1.15. The Labute approximate surface area is 152 Å². The Hall–Kier alpha value is -0.650. The second-order valence-corrected chi connectivity index (χ2v) is 9.92. The fourth-order valence-corrected chi connectivity index (χ4v) is 5.72. The third-order valence-corrected chi connectivity index (χ3v) is 6.70. The van der Waals surface area contributed by atoms with Gasteiger partial charge < -0.3 is 10.1 Å². The molecule has 0 aromatic heterocycles. The Morgan fingerprint density at radius 3 is 2.64 bits per heavy atom. The fourth-order valence-electron chi connectivity index (χ4n) is 5.72. The van der Waals surface area contributed by atoms with Crippen LogP contribution in [0.1, 0.15) is 46.5 Å². The highest BCUT2D eigenvalue weighted by molar-refractivity contribution is 5.79. The highest BCUT2D eigenvalue weighted by atomic mass is 16.5. The lowest BCUT2D eigenvalue weighted by atomic mass is 9.73. The molecule has 1 N–H and O–H groups in total. The quantitative estimate of drug-likeness (QED) is 0.725. The van der Waals surface area contributed by atoms with E-state index in [1.54, 1.807) is 0 Å². The van der Waals surface area contributed by atoms with Crippen molar-refractivity contribution in [2.24, 2.45) is 17.8 Å². The summed E-state index contributed by atoms with van der Waals surface area (Å²) in [6.45, 7) is 14.3. The van der Waals surface area contributed by atoms with E-state index in [1.807, 2.05) is 0 Å². The molecule has 1 saturated carbocycles. The Morgan fingerprint density at radius 2 is 2.00 bits per heavy atom. The number of likely N-dealkylation sites (tertiary alicyclic amines) is 1. The Kier molecular flexibility index (Phi) is 4.62. The van der Waals surface area contributed by atoms with Crippen molar-refractivity contribution in [1.29, 1.82) is 0 Å². The van der Waals surface area contributed by atoms with Gasteiger partial charge in [-0.2, -0.15) is 0 Å². The zero-order valence-electron chi connectivity index (χ0n) is 16.2. The van der Waals surface area contributed by atoms with Crippen molar-refractivity contribution in [2.45, 2.75) is 57.5 Å². The molecule has 1 amide bonds. The summed E-state index contributed by atoms with van der Waals surface area (Å²) in [7, 11) is 0. The summed E-state index contributed by atoms with van der Waals surface area (Å²) in [6.07, 6.45) is 4.43. The van der Waals surface area contributed by atoms with Gasteiger partial charge in [0.15, 0.2) is 0 Å². The van der Waals surface area contributed by atoms with E-state index < -0.39 is 0 Å². The van der Waals surface area contributed by atoms with Gasteiger partial charge in [-0.15, -0.1) is 0 Å². The maximum absolute atomic E-state index is 11.4. The molecule has 1 atom stereocenters. The number of carbonyl (C=O) groups excluding carboxylic acids is 1. The van der Waals surface area contributed by atoms with Crippen LogP contribution in [0.2, 0.25) is 0 Å². The van der Waals surface area contributed by atoms with Crippen molar-refractivity contribution in [3.63, 3.8) is 0 Å². The van der Waals surface area contributed by atoms with E-state index in [0.717, 1.165) is 51.1 Å². The van der Waals surface area contributed by atoms with Gasteiger partial charge in [0.2, 0.25) is 5.91 Å². The number of ether oxygens (including phenoxy) is 1. The summed E-state index contributed by atoms with van der Waals surface area (Å²) in [4.78, 5) is 16.6. The van der Waals surface area contributed by atoms with E-state index in [2.05, 4.69) is 35.9 Å².